The lowest BCUT2D eigenvalue weighted by Crippen LogP contribution is -2.56. The fourth-order valence-electron chi connectivity index (χ4n) is 3.01. The van der Waals surface area contributed by atoms with Crippen molar-refractivity contribution in [1.29, 1.82) is 0 Å². The summed E-state index contributed by atoms with van der Waals surface area (Å²) in [6.45, 7) is 9.04. The zero-order valence-corrected chi connectivity index (χ0v) is 15.7. The van der Waals surface area contributed by atoms with Gasteiger partial charge in [-0.25, -0.2) is 14.5 Å². The second kappa shape index (κ2) is 6.89. The Morgan fingerprint density at radius 1 is 1.15 bits per heavy atom. The van der Waals surface area contributed by atoms with Crippen LogP contribution in [0, 0.1) is 5.92 Å². The molecular weight excluding hydrogens is 338 g/mol. The lowest BCUT2D eigenvalue weighted by molar-refractivity contribution is -0.404. The Balaban J connectivity index is 1.77. The number of benzene rings is 1. The molecular formula is C19H25NO6. The zero-order chi connectivity index (χ0) is 19.1. The summed E-state index contributed by atoms with van der Waals surface area (Å²) in [6.07, 6.45) is -3.31. The quantitative estimate of drug-likeness (QED) is 0.812. The maximum Gasteiger partial charge on any atom is 0.420 e. The predicted octanol–water partition coefficient (Wildman–Crippen LogP) is 3.84. The summed E-state index contributed by atoms with van der Waals surface area (Å²) in [6, 6.07) is 8.77. The Hall–Kier alpha value is -2.12. The van der Waals surface area contributed by atoms with Crippen molar-refractivity contribution in [2.24, 2.45) is 5.92 Å². The summed E-state index contributed by atoms with van der Waals surface area (Å²) in [7, 11) is 0. The number of carbonyl (C=O) groups is 2. The third kappa shape index (κ3) is 3.68. The van der Waals surface area contributed by atoms with Crippen LogP contribution in [-0.2, 0) is 18.9 Å². The van der Waals surface area contributed by atoms with Crippen molar-refractivity contribution in [2.75, 3.05) is 0 Å². The van der Waals surface area contributed by atoms with Crippen molar-refractivity contribution in [3.63, 3.8) is 0 Å². The van der Waals surface area contributed by atoms with E-state index in [1.165, 1.54) is 0 Å². The highest BCUT2D eigenvalue weighted by molar-refractivity contribution is 5.90. The molecule has 0 N–H and O–H groups in total. The van der Waals surface area contributed by atoms with Crippen LogP contribution in [0.25, 0.3) is 0 Å². The fraction of sp³-hybridized carbons (Fsp3) is 0.579. The predicted molar refractivity (Wildman–Crippen MR) is 92.1 cm³/mol. The summed E-state index contributed by atoms with van der Waals surface area (Å²) in [5.41, 5.74) is 0.144. The van der Waals surface area contributed by atoms with Gasteiger partial charge in [0, 0.05) is 5.56 Å². The number of amides is 2. The molecule has 0 aromatic heterocycles. The second-order valence-electron chi connectivity index (χ2n) is 7.82. The molecule has 3 rings (SSSR count). The molecule has 2 amide bonds. The topological polar surface area (TPSA) is 74.3 Å². The van der Waals surface area contributed by atoms with Gasteiger partial charge in [0.15, 0.2) is 12.6 Å². The Morgan fingerprint density at radius 3 is 2.31 bits per heavy atom. The minimum atomic E-state index is -0.758. The molecule has 0 spiro atoms. The number of carbonyl (C=O) groups excluding carboxylic acids is 2. The first-order chi connectivity index (χ1) is 12.2. The van der Waals surface area contributed by atoms with Gasteiger partial charge in [0.05, 0.1) is 0 Å². The van der Waals surface area contributed by atoms with E-state index in [1.807, 2.05) is 44.2 Å². The van der Waals surface area contributed by atoms with E-state index in [-0.39, 0.29) is 5.92 Å². The first-order valence-electron chi connectivity index (χ1n) is 8.76. The number of hydrogen-bond acceptors (Lipinski definition) is 6. The molecule has 1 aromatic rings. The van der Waals surface area contributed by atoms with Gasteiger partial charge in [-0.05, 0) is 26.7 Å². The van der Waals surface area contributed by atoms with Crippen molar-refractivity contribution in [1.82, 2.24) is 4.90 Å². The third-order valence-electron chi connectivity index (χ3n) is 4.18. The minimum absolute atomic E-state index is 0.0145. The monoisotopic (exact) mass is 363 g/mol. The molecule has 7 heteroatoms. The van der Waals surface area contributed by atoms with Crippen LogP contribution in [0.15, 0.2) is 30.3 Å². The molecule has 2 aliphatic heterocycles. The van der Waals surface area contributed by atoms with Crippen LogP contribution in [0.1, 0.15) is 46.5 Å². The Bertz CT molecular complexity index is 662. The van der Waals surface area contributed by atoms with Crippen LogP contribution >= 0.6 is 0 Å². The van der Waals surface area contributed by atoms with Gasteiger partial charge in [0.25, 0.3) is 0 Å². The zero-order valence-electron chi connectivity index (χ0n) is 15.7. The summed E-state index contributed by atoms with van der Waals surface area (Å²) in [4.78, 5) is 25.8. The lowest BCUT2D eigenvalue weighted by Gasteiger charge is -2.42. The molecule has 2 aliphatic rings. The smallest absolute Gasteiger partial charge is 0.420 e. The van der Waals surface area contributed by atoms with Crippen molar-refractivity contribution in [3.05, 3.63) is 35.9 Å². The van der Waals surface area contributed by atoms with Gasteiger partial charge in [0.1, 0.15) is 17.7 Å². The molecule has 0 aliphatic carbocycles. The van der Waals surface area contributed by atoms with Crippen LogP contribution in [0.5, 0.6) is 0 Å². The third-order valence-corrected chi connectivity index (χ3v) is 4.18. The first-order valence-corrected chi connectivity index (χ1v) is 8.76. The maximum absolute atomic E-state index is 12.5. The van der Waals surface area contributed by atoms with Gasteiger partial charge in [-0.15, -0.1) is 0 Å². The minimum Gasteiger partial charge on any atom is -0.443 e. The number of hydrogen-bond donors (Lipinski definition) is 0. The molecule has 2 atom stereocenters. The Kier molecular flexibility index (Phi) is 4.94. The van der Waals surface area contributed by atoms with Gasteiger partial charge in [-0.1, -0.05) is 44.2 Å². The largest absolute Gasteiger partial charge is 0.443 e. The van der Waals surface area contributed by atoms with E-state index < -0.39 is 42.5 Å². The molecule has 0 unspecified atom stereocenters. The average molecular weight is 363 g/mol. The number of imide groups is 1. The van der Waals surface area contributed by atoms with E-state index in [0.29, 0.717) is 0 Å². The number of ether oxygens (including phenoxy) is 4. The molecule has 0 saturated carbocycles. The molecule has 2 fully saturated rings. The first kappa shape index (κ1) is 18.7. The average Bonchev–Trinajstić information content (AvgIpc) is 2.83. The van der Waals surface area contributed by atoms with E-state index >= 15 is 0 Å². The molecule has 7 nitrogen and oxygen atoms in total. The van der Waals surface area contributed by atoms with Gasteiger partial charge < -0.3 is 18.9 Å². The molecule has 142 valence electrons. The van der Waals surface area contributed by atoms with Crippen molar-refractivity contribution >= 4 is 12.2 Å². The van der Waals surface area contributed by atoms with Crippen molar-refractivity contribution in [2.45, 2.75) is 64.9 Å². The van der Waals surface area contributed by atoms with Crippen molar-refractivity contribution < 1.29 is 28.5 Å². The van der Waals surface area contributed by atoms with Crippen LogP contribution in [0.4, 0.5) is 9.59 Å². The number of cyclic esters (lactones) is 1. The van der Waals surface area contributed by atoms with Crippen molar-refractivity contribution in [3.8, 4) is 0 Å². The number of nitrogens with zero attached hydrogens (tertiary/aromatic N) is 1. The van der Waals surface area contributed by atoms with Crippen LogP contribution in [-0.4, -0.2) is 41.1 Å². The van der Waals surface area contributed by atoms with Gasteiger partial charge in [-0.3, -0.25) is 0 Å². The van der Waals surface area contributed by atoms with E-state index in [4.69, 9.17) is 18.9 Å². The SMILES string of the molecule is CC(C)[C@@H]1OC(=O)N(C(=O)OC(C)(C)C)[C@@H]1C1OC(c2ccccc2)O1. The fourth-order valence-corrected chi connectivity index (χ4v) is 3.01. The van der Waals surface area contributed by atoms with Crippen LogP contribution < -0.4 is 0 Å². The van der Waals surface area contributed by atoms with Crippen LogP contribution in [0.3, 0.4) is 0 Å². The number of rotatable bonds is 3. The van der Waals surface area contributed by atoms with Gasteiger partial charge in [0.2, 0.25) is 0 Å². The summed E-state index contributed by atoms with van der Waals surface area (Å²) >= 11 is 0. The summed E-state index contributed by atoms with van der Waals surface area (Å²) in [5.74, 6) is -0.0145. The molecule has 2 saturated heterocycles. The summed E-state index contributed by atoms with van der Waals surface area (Å²) in [5, 5.41) is 0. The molecule has 26 heavy (non-hydrogen) atoms. The summed E-state index contributed by atoms with van der Waals surface area (Å²) < 4.78 is 22.5. The maximum atomic E-state index is 12.5. The molecule has 0 radical (unpaired) electrons. The Morgan fingerprint density at radius 2 is 1.77 bits per heavy atom. The molecule has 1 aromatic carbocycles. The normalized spacial score (nSPS) is 28.7. The van der Waals surface area contributed by atoms with Gasteiger partial charge in [-0.2, -0.15) is 0 Å². The lowest BCUT2D eigenvalue weighted by atomic mass is 9.98. The second-order valence-corrected chi connectivity index (χ2v) is 7.82. The standard InChI is InChI=1S/C19H25NO6/c1-11(2)14-13(16-24-15(25-16)12-9-7-6-8-10-12)20(17(21)23-14)18(22)26-19(3,4)5/h6-11,13-16H,1-5H3/t13-,14-,15?,16?/m0/s1. The highest BCUT2D eigenvalue weighted by Gasteiger charge is 2.56. The van der Waals surface area contributed by atoms with Gasteiger partial charge >= 0.3 is 12.2 Å². The highest BCUT2D eigenvalue weighted by Crippen LogP contribution is 2.40. The van der Waals surface area contributed by atoms with E-state index in [2.05, 4.69) is 0 Å². The van der Waals surface area contributed by atoms with Crippen LogP contribution in [0.2, 0.25) is 0 Å². The molecule has 0 bridgehead atoms. The van der Waals surface area contributed by atoms with E-state index in [9.17, 15) is 9.59 Å². The molecule has 2 heterocycles. The van der Waals surface area contributed by atoms with E-state index in [1.54, 1.807) is 20.8 Å². The van der Waals surface area contributed by atoms with E-state index in [0.717, 1.165) is 10.5 Å². The Labute approximate surface area is 153 Å². The highest BCUT2D eigenvalue weighted by atomic mass is 16.9.